The lowest BCUT2D eigenvalue weighted by Gasteiger charge is -2.35. The van der Waals surface area contributed by atoms with Gasteiger partial charge in [-0.05, 0) is 31.8 Å². The van der Waals surface area contributed by atoms with Crippen LogP contribution in [0.3, 0.4) is 0 Å². The number of rotatable bonds is 6. The second kappa shape index (κ2) is 7.49. The molecule has 1 saturated heterocycles. The van der Waals surface area contributed by atoms with Gasteiger partial charge >= 0.3 is 0 Å². The Kier molecular flexibility index (Phi) is 6.67. The third kappa shape index (κ3) is 5.49. The van der Waals surface area contributed by atoms with Gasteiger partial charge in [-0.2, -0.15) is 0 Å². The van der Waals surface area contributed by atoms with Crippen molar-refractivity contribution in [3.05, 3.63) is 0 Å². The molecule has 0 aliphatic carbocycles. The predicted octanol–water partition coefficient (Wildman–Crippen LogP) is 1.32. The van der Waals surface area contributed by atoms with E-state index in [4.69, 9.17) is 0 Å². The summed E-state index contributed by atoms with van der Waals surface area (Å²) in [7, 11) is -0.559. The molecule has 0 aromatic heterocycles. The van der Waals surface area contributed by atoms with E-state index in [0.29, 0.717) is 12.0 Å². The van der Waals surface area contributed by atoms with Crippen LogP contribution in [0.25, 0.3) is 0 Å². The summed E-state index contributed by atoms with van der Waals surface area (Å²) < 4.78 is 11.3. The molecule has 1 heterocycles. The molecule has 0 radical (unpaired) electrons. The molecule has 1 N–H and O–H groups in total. The highest BCUT2D eigenvalue weighted by molar-refractivity contribution is 7.85. The minimum Gasteiger partial charge on any atom is -0.316 e. The van der Waals surface area contributed by atoms with Crippen LogP contribution in [0.4, 0.5) is 0 Å². The zero-order valence-corrected chi connectivity index (χ0v) is 12.6. The highest BCUT2D eigenvalue weighted by atomic mass is 32.2. The molecule has 4 heteroatoms. The van der Waals surface area contributed by atoms with Crippen molar-refractivity contribution in [2.45, 2.75) is 33.7 Å². The van der Waals surface area contributed by atoms with Gasteiger partial charge in [0.1, 0.15) is 0 Å². The van der Waals surface area contributed by atoms with Crippen LogP contribution < -0.4 is 5.32 Å². The summed E-state index contributed by atoms with van der Waals surface area (Å²) in [5.74, 6) is 3.09. The van der Waals surface area contributed by atoms with Gasteiger partial charge in [-0.1, -0.05) is 20.8 Å². The van der Waals surface area contributed by atoms with E-state index in [1.165, 1.54) is 0 Å². The standard InChI is InChI=1S/C13H28N2OS/c1-11(2)9-14-10-12(3)13(4)15-5-7-17(16)8-6-15/h11-14H,5-10H2,1-4H3. The summed E-state index contributed by atoms with van der Waals surface area (Å²) in [5, 5.41) is 3.53. The first-order valence-electron chi connectivity index (χ1n) is 6.80. The molecule has 3 nitrogen and oxygen atoms in total. The summed E-state index contributed by atoms with van der Waals surface area (Å²) >= 11 is 0. The summed E-state index contributed by atoms with van der Waals surface area (Å²) in [6.45, 7) is 13.3. The minimum atomic E-state index is -0.559. The van der Waals surface area contributed by atoms with Gasteiger partial charge in [-0.15, -0.1) is 0 Å². The topological polar surface area (TPSA) is 32.3 Å². The molecule has 17 heavy (non-hydrogen) atoms. The summed E-state index contributed by atoms with van der Waals surface area (Å²) in [6, 6.07) is 0.590. The Morgan fingerprint density at radius 2 is 1.71 bits per heavy atom. The molecule has 0 saturated carbocycles. The van der Waals surface area contributed by atoms with Crippen molar-refractivity contribution in [3.8, 4) is 0 Å². The lowest BCUT2D eigenvalue weighted by Crippen LogP contribution is -2.47. The second-order valence-electron chi connectivity index (χ2n) is 5.65. The van der Waals surface area contributed by atoms with Crippen LogP contribution in [0.5, 0.6) is 0 Å². The fraction of sp³-hybridized carbons (Fsp3) is 1.00. The average Bonchev–Trinajstić information content (AvgIpc) is 2.28. The maximum atomic E-state index is 11.3. The Bertz CT molecular complexity index is 236. The molecule has 1 aliphatic rings. The molecule has 0 amide bonds. The average molecular weight is 260 g/mol. The molecule has 2 atom stereocenters. The Hall–Kier alpha value is 0.0700. The molecule has 1 aliphatic heterocycles. The summed E-state index contributed by atoms with van der Waals surface area (Å²) in [5.41, 5.74) is 0. The third-order valence-corrected chi connectivity index (χ3v) is 4.91. The highest BCUT2D eigenvalue weighted by Gasteiger charge is 2.23. The normalized spacial score (nSPS) is 22.9. The van der Waals surface area contributed by atoms with E-state index in [9.17, 15) is 4.21 Å². The Morgan fingerprint density at radius 3 is 2.24 bits per heavy atom. The Morgan fingerprint density at radius 1 is 1.12 bits per heavy atom. The largest absolute Gasteiger partial charge is 0.316 e. The maximum Gasteiger partial charge on any atom is 0.0363 e. The first-order valence-corrected chi connectivity index (χ1v) is 8.29. The van der Waals surface area contributed by atoms with Crippen LogP contribution in [0.2, 0.25) is 0 Å². The molecular weight excluding hydrogens is 232 g/mol. The van der Waals surface area contributed by atoms with Gasteiger partial charge < -0.3 is 5.32 Å². The molecular formula is C13H28N2OS. The SMILES string of the molecule is CC(C)CNCC(C)C(C)N1CCS(=O)CC1. The number of hydrogen-bond acceptors (Lipinski definition) is 3. The van der Waals surface area contributed by atoms with E-state index in [-0.39, 0.29) is 0 Å². The van der Waals surface area contributed by atoms with Crippen molar-refractivity contribution < 1.29 is 4.21 Å². The van der Waals surface area contributed by atoms with Crippen molar-refractivity contribution in [3.63, 3.8) is 0 Å². The van der Waals surface area contributed by atoms with E-state index >= 15 is 0 Å². The van der Waals surface area contributed by atoms with Gasteiger partial charge in [-0.25, -0.2) is 0 Å². The zero-order valence-electron chi connectivity index (χ0n) is 11.7. The predicted molar refractivity (Wildman–Crippen MR) is 75.8 cm³/mol. The van der Waals surface area contributed by atoms with Crippen LogP contribution in [-0.2, 0) is 10.8 Å². The van der Waals surface area contributed by atoms with Crippen molar-refractivity contribution in [1.82, 2.24) is 10.2 Å². The molecule has 0 spiro atoms. The lowest BCUT2D eigenvalue weighted by molar-refractivity contribution is 0.173. The number of hydrogen-bond donors (Lipinski definition) is 1. The Labute approximate surface area is 109 Å². The minimum absolute atomic E-state index is 0.559. The maximum absolute atomic E-state index is 11.3. The fourth-order valence-corrected chi connectivity index (χ4v) is 3.27. The second-order valence-corrected chi connectivity index (χ2v) is 7.35. The zero-order chi connectivity index (χ0) is 12.8. The molecule has 0 aromatic carbocycles. The van der Waals surface area contributed by atoms with Crippen LogP contribution in [0.15, 0.2) is 0 Å². The lowest BCUT2D eigenvalue weighted by atomic mass is 10.0. The fourth-order valence-electron chi connectivity index (χ4n) is 2.19. The van der Waals surface area contributed by atoms with Crippen molar-refractivity contribution >= 4 is 10.8 Å². The molecule has 2 unspecified atom stereocenters. The smallest absolute Gasteiger partial charge is 0.0363 e. The van der Waals surface area contributed by atoms with Crippen molar-refractivity contribution in [2.24, 2.45) is 11.8 Å². The molecule has 1 rings (SSSR count). The number of nitrogens with one attached hydrogen (secondary N) is 1. The van der Waals surface area contributed by atoms with E-state index < -0.39 is 10.8 Å². The molecule has 1 fully saturated rings. The van der Waals surface area contributed by atoms with Crippen molar-refractivity contribution in [1.29, 1.82) is 0 Å². The molecule has 102 valence electrons. The summed E-state index contributed by atoms with van der Waals surface area (Å²) in [4.78, 5) is 2.49. The van der Waals surface area contributed by atoms with Gasteiger partial charge in [0.05, 0.1) is 0 Å². The van der Waals surface area contributed by atoms with Gasteiger partial charge in [0.2, 0.25) is 0 Å². The van der Waals surface area contributed by atoms with Crippen LogP contribution in [-0.4, -0.2) is 52.8 Å². The van der Waals surface area contributed by atoms with Crippen LogP contribution >= 0.6 is 0 Å². The van der Waals surface area contributed by atoms with Crippen LogP contribution in [0.1, 0.15) is 27.7 Å². The van der Waals surface area contributed by atoms with Gasteiger partial charge in [-0.3, -0.25) is 9.11 Å². The Balaban J connectivity index is 2.25. The highest BCUT2D eigenvalue weighted by Crippen LogP contribution is 2.13. The van der Waals surface area contributed by atoms with Gasteiger partial charge in [0, 0.05) is 41.4 Å². The monoisotopic (exact) mass is 260 g/mol. The summed E-state index contributed by atoms with van der Waals surface area (Å²) in [6.07, 6.45) is 0. The van der Waals surface area contributed by atoms with Crippen LogP contribution in [0, 0.1) is 11.8 Å². The van der Waals surface area contributed by atoms with Gasteiger partial charge in [0.15, 0.2) is 0 Å². The van der Waals surface area contributed by atoms with Crippen molar-refractivity contribution in [2.75, 3.05) is 37.7 Å². The van der Waals surface area contributed by atoms with E-state index in [1.807, 2.05) is 0 Å². The van der Waals surface area contributed by atoms with E-state index in [0.717, 1.165) is 43.6 Å². The molecule has 0 bridgehead atoms. The first kappa shape index (κ1) is 15.1. The van der Waals surface area contributed by atoms with E-state index in [2.05, 4.69) is 37.9 Å². The van der Waals surface area contributed by atoms with Gasteiger partial charge in [0.25, 0.3) is 0 Å². The first-order chi connectivity index (χ1) is 8.00. The molecule has 0 aromatic rings. The number of nitrogens with zero attached hydrogens (tertiary/aromatic N) is 1. The van der Waals surface area contributed by atoms with E-state index in [1.54, 1.807) is 0 Å². The third-order valence-electron chi connectivity index (χ3n) is 3.63. The quantitative estimate of drug-likeness (QED) is 0.782.